The number of hydrogen-bond donors (Lipinski definition) is 2. The van der Waals surface area contributed by atoms with Crippen LogP contribution in [0.5, 0.6) is 11.5 Å². The van der Waals surface area contributed by atoms with Crippen LogP contribution in [0.1, 0.15) is 48.3 Å². The van der Waals surface area contributed by atoms with Gasteiger partial charge in [0, 0.05) is 37.5 Å². The number of imidazole rings is 1. The lowest BCUT2D eigenvalue weighted by molar-refractivity contribution is -0.126. The first-order chi connectivity index (χ1) is 18.4. The number of aromatic nitrogens is 3. The molecule has 1 saturated heterocycles. The molecule has 0 unspecified atom stereocenters. The number of likely N-dealkylation sites (tertiary alicyclic amines) is 1. The third-order valence-corrected chi connectivity index (χ3v) is 6.65. The summed E-state index contributed by atoms with van der Waals surface area (Å²) < 4.78 is 13.9. The second-order valence-corrected chi connectivity index (χ2v) is 9.41. The quantitative estimate of drug-likeness (QED) is 0.495. The Morgan fingerprint density at radius 3 is 2.66 bits per heavy atom. The molecule has 0 aliphatic carbocycles. The average Bonchev–Trinajstić information content (AvgIpc) is 3.08. The van der Waals surface area contributed by atoms with Crippen molar-refractivity contribution in [2.24, 2.45) is 0 Å². The van der Waals surface area contributed by atoms with Crippen LogP contribution in [0.15, 0.2) is 37.1 Å². The lowest BCUT2D eigenvalue weighted by Gasteiger charge is -2.28. The Morgan fingerprint density at radius 2 is 1.92 bits per heavy atom. The minimum Gasteiger partial charge on any atom is -0.484 e. The number of benzene rings is 1. The first-order valence-corrected chi connectivity index (χ1v) is 12.6. The smallest absolute Gasteiger partial charge is 0.258 e. The van der Waals surface area contributed by atoms with Crippen molar-refractivity contribution < 1.29 is 23.9 Å². The molecule has 198 valence electrons. The normalized spacial score (nSPS) is 17.0. The van der Waals surface area contributed by atoms with Gasteiger partial charge in [-0.3, -0.25) is 24.7 Å². The second-order valence-electron chi connectivity index (χ2n) is 9.41. The van der Waals surface area contributed by atoms with Gasteiger partial charge in [0.15, 0.2) is 11.5 Å². The highest BCUT2D eigenvalue weighted by Gasteiger charge is 2.31. The lowest BCUT2D eigenvalue weighted by atomic mass is 10.1. The largest absolute Gasteiger partial charge is 0.484 e. The van der Waals surface area contributed by atoms with Gasteiger partial charge in [-0.05, 0) is 50.5 Å². The van der Waals surface area contributed by atoms with Crippen molar-refractivity contribution in [3.63, 3.8) is 0 Å². The van der Waals surface area contributed by atoms with E-state index >= 15 is 0 Å². The topological polar surface area (TPSA) is 128 Å². The molecule has 0 bridgehead atoms. The van der Waals surface area contributed by atoms with Gasteiger partial charge in [0.2, 0.25) is 17.8 Å². The summed E-state index contributed by atoms with van der Waals surface area (Å²) in [6.45, 7) is 8.56. The molecular weight excluding hydrogens is 488 g/mol. The number of nitrogens with zero attached hydrogens (tertiary/aromatic N) is 4. The van der Waals surface area contributed by atoms with E-state index < -0.39 is 0 Å². The highest BCUT2D eigenvalue weighted by Crippen LogP contribution is 2.46. The van der Waals surface area contributed by atoms with E-state index in [1.807, 2.05) is 11.5 Å². The third-order valence-electron chi connectivity index (χ3n) is 6.65. The molecule has 11 heteroatoms. The van der Waals surface area contributed by atoms with Crippen LogP contribution < -0.4 is 20.1 Å². The Labute approximate surface area is 219 Å². The third kappa shape index (κ3) is 4.91. The Hall–Kier alpha value is -4.41. The van der Waals surface area contributed by atoms with Crippen molar-refractivity contribution in [1.82, 2.24) is 19.4 Å². The fourth-order valence-electron chi connectivity index (χ4n) is 5.02. The van der Waals surface area contributed by atoms with Crippen molar-refractivity contribution in [3.8, 4) is 11.5 Å². The van der Waals surface area contributed by atoms with Crippen LogP contribution in [0.2, 0.25) is 0 Å². The summed E-state index contributed by atoms with van der Waals surface area (Å²) in [6, 6.07) is 4.85. The minimum atomic E-state index is -0.340. The Bertz CT molecular complexity index is 1430. The van der Waals surface area contributed by atoms with Gasteiger partial charge in [0.05, 0.1) is 17.2 Å². The zero-order chi connectivity index (χ0) is 26.8. The van der Waals surface area contributed by atoms with Crippen molar-refractivity contribution in [1.29, 1.82) is 0 Å². The van der Waals surface area contributed by atoms with Crippen LogP contribution in [0.25, 0.3) is 11.0 Å². The molecule has 1 fully saturated rings. The van der Waals surface area contributed by atoms with Gasteiger partial charge in [-0.1, -0.05) is 6.58 Å². The molecular formula is C27H30N6O5. The Kier molecular flexibility index (Phi) is 6.99. The minimum absolute atomic E-state index is 0.145. The zero-order valence-electron chi connectivity index (χ0n) is 21.5. The average molecular weight is 519 g/mol. The van der Waals surface area contributed by atoms with Crippen molar-refractivity contribution in [2.45, 2.75) is 39.2 Å². The summed E-state index contributed by atoms with van der Waals surface area (Å²) in [5.41, 5.74) is 2.75. The van der Waals surface area contributed by atoms with Crippen molar-refractivity contribution >= 4 is 40.4 Å². The molecule has 2 N–H and O–H groups in total. The number of nitrogens with one attached hydrogen (secondary N) is 2. The zero-order valence-corrected chi connectivity index (χ0v) is 21.5. The van der Waals surface area contributed by atoms with Crippen molar-refractivity contribution in [3.05, 3.63) is 48.3 Å². The predicted octanol–water partition coefficient (Wildman–Crippen LogP) is 3.46. The summed E-state index contributed by atoms with van der Waals surface area (Å²) in [6.07, 6.45) is 5.39. The standard InChI is InChI=1S/C27H30N6O5/c1-4-22(35)32-10-6-5-7-19(15-32)33-23-20(14-21(29-17(3)34)24-25(23)38-12-11-37-24)30-27(33)31-26(36)18-8-9-28-16(2)13-18/h4,8-9,13-14,19H,1,5-7,10-12,15H2,2-3H3,(H,29,34)(H,30,31,36)/t19-/m1/s1. The molecule has 0 spiro atoms. The molecule has 5 rings (SSSR count). The van der Waals surface area contributed by atoms with Crippen LogP contribution in [0.3, 0.4) is 0 Å². The summed E-state index contributed by atoms with van der Waals surface area (Å²) in [7, 11) is 0. The van der Waals surface area contributed by atoms with Crippen LogP contribution in [-0.4, -0.2) is 63.5 Å². The van der Waals surface area contributed by atoms with Gasteiger partial charge < -0.3 is 24.3 Å². The van der Waals surface area contributed by atoms with Crippen LogP contribution in [0, 0.1) is 6.92 Å². The monoisotopic (exact) mass is 518 g/mol. The predicted molar refractivity (Wildman–Crippen MR) is 142 cm³/mol. The molecule has 1 atom stereocenters. The molecule has 38 heavy (non-hydrogen) atoms. The molecule has 3 amide bonds. The van der Waals surface area contributed by atoms with E-state index in [2.05, 4.69) is 22.2 Å². The number of aryl methyl sites for hydroxylation is 1. The number of carbonyl (C=O) groups excluding carboxylic acids is 3. The number of anilines is 2. The van der Waals surface area contributed by atoms with E-state index in [4.69, 9.17) is 14.5 Å². The van der Waals surface area contributed by atoms with Crippen LogP contribution >= 0.6 is 0 Å². The lowest BCUT2D eigenvalue weighted by Crippen LogP contribution is -2.34. The van der Waals surface area contributed by atoms with Gasteiger partial charge in [-0.25, -0.2) is 4.98 Å². The Balaban J connectivity index is 1.67. The van der Waals surface area contributed by atoms with Gasteiger partial charge >= 0.3 is 0 Å². The van der Waals surface area contributed by atoms with Gasteiger partial charge in [-0.2, -0.15) is 0 Å². The molecule has 0 radical (unpaired) electrons. The fraction of sp³-hybridized carbons (Fsp3) is 0.370. The molecule has 2 aliphatic rings. The molecule has 4 heterocycles. The van der Waals surface area contributed by atoms with E-state index in [-0.39, 0.29) is 23.8 Å². The van der Waals surface area contributed by atoms with Crippen molar-refractivity contribution in [2.75, 3.05) is 36.9 Å². The van der Waals surface area contributed by atoms with Crippen LogP contribution in [-0.2, 0) is 9.59 Å². The number of hydrogen-bond acceptors (Lipinski definition) is 7. The number of amides is 3. The van der Waals surface area contributed by atoms with E-state index in [0.29, 0.717) is 71.7 Å². The number of ether oxygens (including phenoxy) is 2. The summed E-state index contributed by atoms with van der Waals surface area (Å²) in [5, 5.41) is 5.76. The number of fused-ring (bicyclic) bond motifs is 3. The number of carbonyl (C=O) groups is 3. The molecule has 11 nitrogen and oxygen atoms in total. The highest BCUT2D eigenvalue weighted by atomic mass is 16.6. The first-order valence-electron chi connectivity index (χ1n) is 12.6. The summed E-state index contributed by atoms with van der Waals surface area (Å²) >= 11 is 0. The molecule has 3 aromatic rings. The fourth-order valence-corrected chi connectivity index (χ4v) is 5.02. The second kappa shape index (κ2) is 10.5. The maximum absolute atomic E-state index is 13.3. The molecule has 2 aromatic heterocycles. The summed E-state index contributed by atoms with van der Waals surface area (Å²) in [4.78, 5) is 48.5. The number of rotatable bonds is 5. The maximum Gasteiger partial charge on any atom is 0.258 e. The molecule has 1 aromatic carbocycles. The van der Waals surface area contributed by atoms with Gasteiger partial charge in [0.1, 0.15) is 18.7 Å². The van der Waals surface area contributed by atoms with E-state index in [1.165, 1.54) is 13.0 Å². The first kappa shape index (κ1) is 25.2. The highest BCUT2D eigenvalue weighted by molar-refractivity contribution is 6.05. The molecule has 0 saturated carbocycles. The SMILES string of the molecule is C=CC(=O)N1CCCC[C@@H](n2c(NC(=O)c3ccnc(C)c3)nc3cc(NC(C)=O)c4c(c32)OCCO4)C1. The van der Waals surface area contributed by atoms with E-state index in [9.17, 15) is 14.4 Å². The van der Waals surface area contributed by atoms with E-state index in [0.717, 1.165) is 19.3 Å². The van der Waals surface area contributed by atoms with E-state index in [1.54, 1.807) is 29.3 Å². The van der Waals surface area contributed by atoms with Gasteiger partial charge in [-0.15, -0.1) is 0 Å². The number of pyridine rings is 1. The maximum atomic E-state index is 13.3. The molecule has 2 aliphatic heterocycles. The Morgan fingerprint density at radius 1 is 1.13 bits per heavy atom. The summed E-state index contributed by atoms with van der Waals surface area (Å²) in [5.74, 6) is 0.422. The van der Waals surface area contributed by atoms with Crippen LogP contribution in [0.4, 0.5) is 11.6 Å². The van der Waals surface area contributed by atoms with Gasteiger partial charge in [0.25, 0.3) is 5.91 Å².